The van der Waals surface area contributed by atoms with Crippen LogP contribution in [0.25, 0.3) is 10.4 Å². The third-order valence-electron chi connectivity index (χ3n) is 3.03. The monoisotopic (exact) mass is 334 g/mol. The van der Waals surface area contributed by atoms with Gasteiger partial charge in [-0.1, -0.05) is 41.7 Å². The zero-order chi connectivity index (χ0) is 16.4. The number of aromatic nitrogens is 1. The van der Waals surface area contributed by atoms with Gasteiger partial charge in [0.15, 0.2) is 22.6 Å². The van der Waals surface area contributed by atoms with Gasteiger partial charge in [0.25, 0.3) is 5.91 Å². The van der Waals surface area contributed by atoms with Crippen LogP contribution in [0, 0.1) is 17.5 Å². The third-order valence-corrected chi connectivity index (χ3v) is 3.99. The first-order valence-corrected chi connectivity index (χ1v) is 7.33. The van der Waals surface area contributed by atoms with E-state index in [1.807, 2.05) is 30.3 Å². The molecule has 0 radical (unpaired) electrons. The molecule has 0 atom stereocenters. The highest BCUT2D eigenvalue weighted by Gasteiger charge is 2.16. The molecule has 3 nitrogen and oxygen atoms in total. The van der Waals surface area contributed by atoms with E-state index < -0.39 is 23.4 Å². The number of hydrogen-bond donors (Lipinski definition) is 1. The molecule has 3 rings (SSSR count). The predicted molar refractivity (Wildman–Crippen MR) is 81.8 cm³/mol. The summed E-state index contributed by atoms with van der Waals surface area (Å²) in [5.74, 6) is -5.21. The molecule has 1 heterocycles. The van der Waals surface area contributed by atoms with Crippen LogP contribution in [0.2, 0.25) is 0 Å². The molecule has 116 valence electrons. The summed E-state index contributed by atoms with van der Waals surface area (Å²) in [4.78, 5) is 16.9. The van der Waals surface area contributed by atoms with Crippen molar-refractivity contribution in [1.29, 1.82) is 0 Å². The van der Waals surface area contributed by atoms with E-state index in [0.717, 1.165) is 10.4 Å². The largest absolute Gasteiger partial charge is 0.298 e. The van der Waals surface area contributed by atoms with Crippen LogP contribution in [0.4, 0.5) is 18.3 Å². The number of carbonyl (C=O) groups is 1. The van der Waals surface area contributed by atoms with Crippen molar-refractivity contribution in [3.8, 4) is 10.4 Å². The summed E-state index contributed by atoms with van der Waals surface area (Å²) in [5.41, 5.74) is 0.613. The van der Waals surface area contributed by atoms with Crippen molar-refractivity contribution in [2.24, 2.45) is 0 Å². The van der Waals surface area contributed by atoms with Gasteiger partial charge in [-0.15, -0.1) is 0 Å². The molecule has 2 aromatic carbocycles. The van der Waals surface area contributed by atoms with E-state index in [2.05, 4.69) is 10.3 Å². The lowest BCUT2D eigenvalue weighted by Crippen LogP contribution is -2.13. The Labute approximate surface area is 133 Å². The average Bonchev–Trinajstić information content (AvgIpc) is 3.01. The van der Waals surface area contributed by atoms with Crippen LogP contribution >= 0.6 is 11.3 Å². The Bertz CT molecular complexity index is 842. The van der Waals surface area contributed by atoms with Gasteiger partial charge in [-0.05, 0) is 17.7 Å². The van der Waals surface area contributed by atoms with Crippen LogP contribution < -0.4 is 5.32 Å². The van der Waals surface area contributed by atoms with E-state index in [4.69, 9.17) is 0 Å². The zero-order valence-electron chi connectivity index (χ0n) is 11.5. The van der Waals surface area contributed by atoms with Crippen molar-refractivity contribution in [1.82, 2.24) is 4.98 Å². The number of nitrogens with one attached hydrogen (secondary N) is 1. The first-order chi connectivity index (χ1) is 11.0. The van der Waals surface area contributed by atoms with Gasteiger partial charge < -0.3 is 0 Å². The Kier molecular flexibility index (Phi) is 4.12. The molecular weight excluding hydrogens is 325 g/mol. The lowest BCUT2D eigenvalue weighted by Gasteiger charge is -2.03. The topological polar surface area (TPSA) is 42.0 Å². The summed E-state index contributed by atoms with van der Waals surface area (Å²) < 4.78 is 39.2. The van der Waals surface area contributed by atoms with E-state index in [0.29, 0.717) is 12.1 Å². The summed E-state index contributed by atoms with van der Waals surface area (Å²) in [7, 11) is 0. The van der Waals surface area contributed by atoms with Crippen LogP contribution in [-0.4, -0.2) is 10.9 Å². The maximum Gasteiger partial charge on any atom is 0.257 e. The number of nitrogens with zero attached hydrogens (tertiary/aromatic N) is 1. The van der Waals surface area contributed by atoms with Gasteiger partial charge in [-0.2, -0.15) is 0 Å². The molecule has 0 unspecified atom stereocenters. The van der Waals surface area contributed by atoms with Crippen LogP contribution in [-0.2, 0) is 0 Å². The average molecular weight is 334 g/mol. The summed E-state index contributed by atoms with van der Waals surface area (Å²) in [6.07, 6.45) is 1.58. The summed E-state index contributed by atoms with van der Waals surface area (Å²) >= 11 is 1.22. The number of halogens is 3. The highest BCUT2D eigenvalue weighted by molar-refractivity contribution is 7.19. The SMILES string of the molecule is O=C(Nc1ncc(-c2ccccc2)s1)c1cc(F)c(F)c(F)c1. The lowest BCUT2D eigenvalue weighted by molar-refractivity contribution is 0.102. The first-order valence-electron chi connectivity index (χ1n) is 6.52. The van der Waals surface area contributed by atoms with E-state index in [9.17, 15) is 18.0 Å². The van der Waals surface area contributed by atoms with Crippen LogP contribution in [0.5, 0.6) is 0 Å². The molecule has 1 N–H and O–H groups in total. The Morgan fingerprint density at radius 1 is 1.04 bits per heavy atom. The number of hydrogen-bond acceptors (Lipinski definition) is 3. The fourth-order valence-electron chi connectivity index (χ4n) is 1.92. The second-order valence-corrected chi connectivity index (χ2v) is 5.63. The molecule has 0 aliphatic carbocycles. The Hall–Kier alpha value is -2.67. The molecule has 0 aliphatic rings. The number of thiazole rings is 1. The van der Waals surface area contributed by atoms with Gasteiger partial charge in [0.2, 0.25) is 0 Å². The van der Waals surface area contributed by atoms with Gasteiger partial charge in [-0.25, -0.2) is 18.2 Å². The summed E-state index contributed by atoms with van der Waals surface area (Å²) in [6, 6.07) is 10.7. The molecule has 0 bridgehead atoms. The van der Waals surface area contributed by atoms with Gasteiger partial charge in [0.05, 0.1) is 4.88 Å². The number of rotatable bonds is 3. The highest BCUT2D eigenvalue weighted by Crippen LogP contribution is 2.29. The maximum atomic E-state index is 13.2. The molecule has 0 saturated heterocycles. The number of carbonyl (C=O) groups excluding carboxylic acids is 1. The normalized spacial score (nSPS) is 10.6. The van der Waals surface area contributed by atoms with Crippen molar-refractivity contribution in [2.75, 3.05) is 5.32 Å². The second kappa shape index (κ2) is 6.21. The van der Waals surface area contributed by atoms with Crippen LogP contribution in [0.1, 0.15) is 10.4 Å². The van der Waals surface area contributed by atoms with E-state index in [1.165, 1.54) is 11.3 Å². The van der Waals surface area contributed by atoms with Crippen molar-refractivity contribution in [2.45, 2.75) is 0 Å². The van der Waals surface area contributed by atoms with Crippen molar-refractivity contribution < 1.29 is 18.0 Å². The number of anilines is 1. The zero-order valence-corrected chi connectivity index (χ0v) is 12.3. The Morgan fingerprint density at radius 3 is 2.35 bits per heavy atom. The smallest absolute Gasteiger partial charge is 0.257 e. The highest BCUT2D eigenvalue weighted by atomic mass is 32.1. The fourth-order valence-corrected chi connectivity index (χ4v) is 2.74. The molecular formula is C16H9F3N2OS. The minimum Gasteiger partial charge on any atom is -0.298 e. The lowest BCUT2D eigenvalue weighted by atomic mass is 10.2. The predicted octanol–water partition coefficient (Wildman–Crippen LogP) is 4.48. The van der Waals surface area contributed by atoms with E-state index in [1.54, 1.807) is 6.20 Å². The van der Waals surface area contributed by atoms with Gasteiger partial charge in [-0.3, -0.25) is 10.1 Å². The number of benzene rings is 2. The van der Waals surface area contributed by atoms with Crippen LogP contribution in [0.3, 0.4) is 0 Å². The summed E-state index contributed by atoms with van der Waals surface area (Å²) in [5, 5.41) is 2.71. The standard InChI is InChI=1S/C16H9F3N2OS/c17-11-6-10(7-12(18)14(11)19)15(22)21-16-20-8-13(23-16)9-4-2-1-3-5-9/h1-8H,(H,20,21,22). The molecule has 0 aliphatic heterocycles. The Balaban J connectivity index is 1.80. The Morgan fingerprint density at radius 2 is 1.70 bits per heavy atom. The van der Waals surface area contributed by atoms with Crippen molar-refractivity contribution in [3.63, 3.8) is 0 Å². The molecule has 3 aromatic rings. The van der Waals surface area contributed by atoms with E-state index in [-0.39, 0.29) is 10.7 Å². The van der Waals surface area contributed by atoms with E-state index >= 15 is 0 Å². The van der Waals surface area contributed by atoms with Crippen molar-refractivity contribution in [3.05, 3.63) is 71.7 Å². The molecule has 7 heteroatoms. The number of amides is 1. The first kappa shape index (κ1) is 15.2. The minimum absolute atomic E-state index is 0.277. The fraction of sp³-hybridized carbons (Fsp3) is 0. The summed E-state index contributed by atoms with van der Waals surface area (Å²) in [6.45, 7) is 0. The van der Waals surface area contributed by atoms with Crippen LogP contribution in [0.15, 0.2) is 48.7 Å². The molecule has 0 fully saturated rings. The van der Waals surface area contributed by atoms with Gasteiger partial charge >= 0.3 is 0 Å². The minimum atomic E-state index is -1.61. The van der Waals surface area contributed by atoms with Gasteiger partial charge in [0, 0.05) is 11.8 Å². The third kappa shape index (κ3) is 3.24. The van der Waals surface area contributed by atoms with Gasteiger partial charge in [0.1, 0.15) is 0 Å². The molecule has 23 heavy (non-hydrogen) atoms. The maximum absolute atomic E-state index is 13.2. The second-order valence-electron chi connectivity index (χ2n) is 4.60. The molecule has 0 saturated carbocycles. The molecule has 1 aromatic heterocycles. The van der Waals surface area contributed by atoms with Crippen molar-refractivity contribution >= 4 is 22.4 Å². The molecule has 0 spiro atoms. The molecule has 1 amide bonds. The quantitative estimate of drug-likeness (QED) is 0.718.